The van der Waals surface area contributed by atoms with Gasteiger partial charge in [-0.25, -0.2) is 0 Å². The predicted octanol–water partition coefficient (Wildman–Crippen LogP) is 0.00172. The van der Waals surface area contributed by atoms with E-state index < -0.39 is 0 Å². The lowest BCUT2D eigenvalue weighted by molar-refractivity contribution is -0.121. The number of carbonyl (C=O) groups is 2. The van der Waals surface area contributed by atoms with Crippen LogP contribution in [0.4, 0.5) is 5.69 Å². The largest absolute Gasteiger partial charge is 0.395 e. The highest BCUT2D eigenvalue weighted by atomic mass is 16.2. The van der Waals surface area contributed by atoms with Gasteiger partial charge in [-0.1, -0.05) is 0 Å². The van der Waals surface area contributed by atoms with Crippen molar-refractivity contribution in [1.82, 2.24) is 20.0 Å². The van der Waals surface area contributed by atoms with E-state index in [9.17, 15) is 9.59 Å². The summed E-state index contributed by atoms with van der Waals surface area (Å²) in [6, 6.07) is 0. The molecule has 0 saturated carbocycles. The van der Waals surface area contributed by atoms with Gasteiger partial charge in [0, 0.05) is 20.1 Å². The van der Waals surface area contributed by atoms with Gasteiger partial charge in [0.05, 0.1) is 17.9 Å². The molecule has 1 aromatic rings. The first kappa shape index (κ1) is 15.0. The first-order valence-electron chi connectivity index (χ1n) is 6.27. The van der Waals surface area contributed by atoms with Crippen molar-refractivity contribution in [2.75, 3.05) is 25.9 Å². The van der Waals surface area contributed by atoms with E-state index in [4.69, 9.17) is 5.73 Å². The van der Waals surface area contributed by atoms with E-state index in [0.29, 0.717) is 30.2 Å². The Hall–Kier alpha value is -2.05. The molecule has 7 nitrogen and oxygen atoms in total. The number of nitrogens with one attached hydrogen (secondary N) is 1. The number of hydrogen-bond acceptors (Lipinski definition) is 4. The molecular formula is C12H21N5O2. The number of rotatable bonds is 5. The van der Waals surface area contributed by atoms with Crippen LogP contribution in [-0.4, -0.2) is 46.6 Å². The number of anilines is 1. The van der Waals surface area contributed by atoms with E-state index in [1.165, 1.54) is 4.90 Å². The van der Waals surface area contributed by atoms with Gasteiger partial charge in [0.25, 0.3) is 5.91 Å². The molecule has 0 unspecified atom stereocenters. The van der Waals surface area contributed by atoms with Crippen LogP contribution in [0.1, 0.15) is 30.0 Å². The van der Waals surface area contributed by atoms with E-state index in [-0.39, 0.29) is 18.4 Å². The van der Waals surface area contributed by atoms with E-state index in [0.717, 1.165) is 0 Å². The van der Waals surface area contributed by atoms with E-state index in [1.807, 2.05) is 13.8 Å². The molecule has 0 bridgehead atoms. The minimum atomic E-state index is -0.300. The summed E-state index contributed by atoms with van der Waals surface area (Å²) in [5.41, 5.74) is 7.21. The molecule has 0 spiro atoms. The fourth-order valence-corrected chi connectivity index (χ4v) is 1.77. The average molecular weight is 267 g/mol. The Morgan fingerprint density at radius 3 is 2.58 bits per heavy atom. The summed E-state index contributed by atoms with van der Waals surface area (Å²) >= 11 is 0. The number of carbonyl (C=O) groups excluding carboxylic acids is 2. The maximum absolute atomic E-state index is 12.3. The van der Waals surface area contributed by atoms with Crippen LogP contribution < -0.4 is 11.1 Å². The molecule has 1 aromatic heterocycles. The molecule has 1 rings (SSSR count). The second kappa shape index (κ2) is 6.21. The molecule has 19 heavy (non-hydrogen) atoms. The number of hydrogen-bond donors (Lipinski definition) is 2. The van der Waals surface area contributed by atoms with Gasteiger partial charge in [-0.3, -0.25) is 14.3 Å². The van der Waals surface area contributed by atoms with Crippen LogP contribution >= 0.6 is 0 Å². The van der Waals surface area contributed by atoms with Crippen molar-refractivity contribution in [2.45, 2.75) is 27.3 Å². The Morgan fingerprint density at radius 2 is 2.05 bits per heavy atom. The van der Waals surface area contributed by atoms with Gasteiger partial charge in [0.1, 0.15) is 5.69 Å². The maximum atomic E-state index is 12.3. The van der Waals surface area contributed by atoms with Gasteiger partial charge >= 0.3 is 0 Å². The van der Waals surface area contributed by atoms with Gasteiger partial charge < -0.3 is 16.0 Å². The summed E-state index contributed by atoms with van der Waals surface area (Å²) in [6.45, 7) is 6.55. The highest BCUT2D eigenvalue weighted by molar-refractivity contribution is 5.99. The molecule has 1 heterocycles. The van der Waals surface area contributed by atoms with Gasteiger partial charge in [0.2, 0.25) is 5.91 Å². The highest BCUT2D eigenvalue weighted by Crippen LogP contribution is 2.17. The molecule has 0 aliphatic rings. The number of nitrogen functional groups attached to an aromatic ring is 1. The van der Waals surface area contributed by atoms with E-state index >= 15 is 0 Å². The fourth-order valence-electron chi connectivity index (χ4n) is 1.77. The van der Waals surface area contributed by atoms with E-state index in [1.54, 1.807) is 18.7 Å². The zero-order valence-corrected chi connectivity index (χ0v) is 11.9. The Kier molecular flexibility index (Phi) is 4.91. The second-order valence-corrected chi connectivity index (χ2v) is 4.28. The SMILES string of the molecule is CCNC(=O)CN(C)C(=O)c1c(N)c(C)nn1CC. The molecule has 7 heteroatoms. The summed E-state index contributed by atoms with van der Waals surface area (Å²) < 4.78 is 1.56. The fraction of sp³-hybridized carbons (Fsp3) is 0.583. The normalized spacial score (nSPS) is 10.3. The molecule has 0 saturated heterocycles. The number of aromatic nitrogens is 2. The summed E-state index contributed by atoms with van der Waals surface area (Å²) in [5.74, 6) is -0.498. The molecular weight excluding hydrogens is 246 g/mol. The van der Waals surface area contributed by atoms with Gasteiger partial charge in [-0.05, 0) is 20.8 Å². The Morgan fingerprint density at radius 1 is 1.42 bits per heavy atom. The van der Waals surface area contributed by atoms with Crippen LogP contribution in [-0.2, 0) is 11.3 Å². The van der Waals surface area contributed by atoms with Crippen LogP contribution in [0.25, 0.3) is 0 Å². The van der Waals surface area contributed by atoms with Crippen molar-refractivity contribution in [2.24, 2.45) is 0 Å². The Bertz CT molecular complexity index is 481. The van der Waals surface area contributed by atoms with Crippen molar-refractivity contribution >= 4 is 17.5 Å². The van der Waals surface area contributed by atoms with Crippen molar-refractivity contribution in [1.29, 1.82) is 0 Å². The lowest BCUT2D eigenvalue weighted by Crippen LogP contribution is -2.39. The molecule has 0 aliphatic heterocycles. The number of nitrogens with two attached hydrogens (primary N) is 1. The minimum absolute atomic E-state index is 0.0000548. The molecule has 3 N–H and O–H groups in total. The van der Waals surface area contributed by atoms with Crippen molar-refractivity contribution in [3.05, 3.63) is 11.4 Å². The highest BCUT2D eigenvalue weighted by Gasteiger charge is 2.23. The topological polar surface area (TPSA) is 93.2 Å². The zero-order valence-electron chi connectivity index (χ0n) is 11.9. The number of nitrogens with zero attached hydrogens (tertiary/aromatic N) is 3. The van der Waals surface area contributed by atoms with Crippen LogP contribution in [0.15, 0.2) is 0 Å². The lowest BCUT2D eigenvalue weighted by Gasteiger charge is -2.17. The molecule has 0 radical (unpaired) electrons. The molecule has 0 aliphatic carbocycles. The van der Waals surface area contributed by atoms with Crippen molar-refractivity contribution < 1.29 is 9.59 Å². The molecule has 2 amide bonds. The summed E-state index contributed by atoms with van der Waals surface area (Å²) in [6.07, 6.45) is 0. The number of likely N-dealkylation sites (N-methyl/N-ethyl adjacent to an activating group) is 2. The average Bonchev–Trinajstić information content (AvgIpc) is 2.64. The predicted molar refractivity (Wildman–Crippen MR) is 72.7 cm³/mol. The van der Waals surface area contributed by atoms with Crippen LogP contribution in [0.3, 0.4) is 0 Å². The third-order valence-electron chi connectivity index (χ3n) is 2.78. The molecule has 0 fully saturated rings. The monoisotopic (exact) mass is 267 g/mol. The van der Waals surface area contributed by atoms with Crippen LogP contribution in [0.5, 0.6) is 0 Å². The Balaban J connectivity index is 2.91. The number of amides is 2. The van der Waals surface area contributed by atoms with Crippen LogP contribution in [0.2, 0.25) is 0 Å². The quantitative estimate of drug-likeness (QED) is 0.785. The van der Waals surface area contributed by atoms with E-state index in [2.05, 4.69) is 10.4 Å². The van der Waals surface area contributed by atoms with Gasteiger partial charge in [-0.15, -0.1) is 0 Å². The minimum Gasteiger partial charge on any atom is -0.395 e. The van der Waals surface area contributed by atoms with Crippen molar-refractivity contribution in [3.8, 4) is 0 Å². The summed E-state index contributed by atoms with van der Waals surface area (Å²) in [4.78, 5) is 25.1. The Labute approximate surface area is 112 Å². The summed E-state index contributed by atoms with van der Waals surface area (Å²) in [7, 11) is 1.57. The number of aryl methyl sites for hydroxylation is 2. The zero-order chi connectivity index (χ0) is 14.6. The van der Waals surface area contributed by atoms with Gasteiger partial charge in [0.15, 0.2) is 0 Å². The second-order valence-electron chi connectivity index (χ2n) is 4.28. The summed E-state index contributed by atoms with van der Waals surface area (Å²) in [5, 5.41) is 6.84. The molecule has 0 aromatic carbocycles. The van der Waals surface area contributed by atoms with Crippen LogP contribution in [0, 0.1) is 6.92 Å². The van der Waals surface area contributed by atoms with Gasteiger partial charge in [-0.2, -0.15) is 5.10 Å². The maximum Gasteiger partial charge on any atom is 0.274 e. The van der Waals surface area contributed by atoms with Crippen molar-refractivity contribution in [3.63, 3.8) is 0 Å². The smallest absolute Gasteiger partial charge is 0.274 e. The molecule has 0 atom stereocenters. The third kappa shape index (κ3) is 3.24. The first-order chi connectivity index (χ1) is 8.92. The molecule has 106 valence electrons. The lowest BCUT2D eigenvalue weighted by atomic mass is 10.2. The standard InChI is InChI=1S/C12H21N5O2/c1-5-14-9(18)7-16(4)12(19)11-10(13)8(3)15-17(11)6-2/h5-7,13H2,1-4H3,(H,14,18). The first-order valence-corrected chi connectivity index (χ1v) is 6.27. The third-order valence-corrected chi connectivity index (χ3v) is 2.78.